The fourth-order valence-corrected chi connectivity index (χ4v) is 2.88. The second kappa shape index (κ2) is 7.54. The van der Waals surface area contributed by atoms with E-state index in [0.29, 0.717) is 12.8 Å². The summed E-state index contributed by atoms with van der Waals surface area (Å²) in [4.78, 5) is 24.3. The lowest BCUT2D eigenvalue weighted by molar-refractivity contribution is -0.130. The summed E-state index contributed by atoms with van der Waals surface area (Å²) < 4.78 is 5.09. The number of esters is 1. The second-order valence-corrected chi connectivity index (χ2v) is 6.39. The Morgan fingerprint density at radius 2 is 2.04 bits per heavy atom. The maximum absolute atomic E-state index is 12.3. The molecule has 0 spiro atoms. The first-order chi connectivity index (χ1) is 11.4. The van der Waals surface area contributed by atoms with Gasteiger partial charge in [0.15, 0.2) is 6.10 Å². The number of phenols is 1. The Kier molecular flexibility index (Phi) is 5.68. The first-order valence-corrected chi connectivity index (χ1v) is 8.17. The van der Waals surface area contributed by atoms with Crippen LogP contribution in [0.5, 0.6) is 5.75 Å². The number of benzene rings is 1. The molecule has 1 fully saturated rings. The van der Waals surface area contributed by atoms with Gasteiger partial charge in [0.25, 0.3) is 5.91 Å². The maximum atomic E-state index is 12.3. The predicted molar refractivity (Wildman–Crippen MR) is 87.6 cm³/mol. The average Bonchev–Trinajstić information content (AvgIpc) is 2.55. The number of ether oxygens (including phenoxy) is 1. The Bertz CT molecular complexity index is 678. The fraction of sp³-hybridized carbons (Fsp3) is 0.471. The first kappa shape index (κ1) is 18.1. The Balaban J connectivity index is 2.00. The van der Waals surface area contributed by atoms with Crippen molar-refractivity contribution in [3.05, 3.63) is 28.8 Å². The van der Waals surface area contributed by atoms with Gasteiger partial charge in [0.2, 0.25) is 0 Å². The number of hydrogen-bond acceptors (Lipinski definition) is 5. The van der Waals surface area contributed by atoms with Crippen LogP contribution in [0.1, 0.15) is 49.4 Å². The Hall–Kier alpha value is -2.26. The van der Waals surface area contributed by atoms with Crippen LogP contribution in [0, 0.1) is 11.3 Å². The third kappa shape index (κ3) is 4.18. The highest BCUT2D eigenvalue weighted by Gasteiger charge is 2.35. The number of phenolic OH excluding ortho intramolecular Hbond substituents is 1. The molecule has 0 aromatic heterocycles. The molecule has 0 bridgehead atoms. The van der Waals surface area contributed by atoms with E-state index in [1.54, 1.807) is 0 Å². The summed E-state index contributed by atoms with van der Waals surface area (Å²) >= 11 is 5.71. The summed E-state index contributed by atoms with van der Waals surface area (Å²) in [6, 6.07) is 6.16. The number of hydrogen-bond donors (Lipinski definition) is 2. The minimum atomic E-state index is -1.08. The quantitative estimate of drug-likeness (QED) is 0.813. The maximum Gasteiger partial charge on any atom is 0.342 e. The lowest BCUT2D eigenvalue weighted by atomic mass is 9.83. The number of aromatic hydroxyl groups is 1. The van der Waals surface area contributed by atoms with E-state index in [1.165, 1.54) is 25.1 Å². The Morgan fingerprint density at radius 3 is 2.62 bits per heavy atom. The molecule has 1 aliphatic rings. The largest absolute Gasteiger partial charge is 0.507 e. The number of nitriles is 1. The first-order valence-electron chi connectivity index (χ1n) is 7.80. The SMILES string of the molecule is C[C@H](OC(=O)c1ccc(Cl)cc1O)C(=O)NC1(C#N)CCCCC1. The Morgan fingerprint density at radius 1 is 1.38 bits per heavy atom. The van der Waals surface area contributed by atoms with Crippen molar-refractivity contribution in [1.29, 1.82) is 5.26 Å². The van der Waals surface area contributed by atoms with E-state index in [1.807, 2.05) is 0 Å². The van der Waals surface area contributed by atoms with Gasteiger partial charge in [0.1, 0.15) is 16.9 Å². The minimum Gasteiger partial charge on any atom is -0.507 e. The molecule has 128 valence electrons. The number of nitrogens with zero attached hydrogens (tertiary/aromatic N) is 1. The van der Waals surface area contributed by atoms with Crippen LogP contribution < -0.4 is 5.32 Å². The van der Waals surface area contributed by atoms with Gasteiger partial charge in [-0.05, 0) is 38.0 Å². The second-order valence-electron chi connectivity index (χ2n) is 5.95. The highest BCUT2D eigenvalue weighted by Crippen LogP contribution is 2.28. The smallest absolute Gasteiger partial charge is 0.342 e. The van der Waals surface area contributed by atoms with E-state index in [2.05, 4.69) is 11.4 Å². The zero-order valence-corrected chi connectivity index (χ0v) is 14.1. The van der Waals surface area contributed by atoms with Crippen LogP contribution in [-0.4, -0.2) is 28.6 Å². The third-order valence-electron chi connectivity index (χ3n) is 4.12. The molecule has 2 rings (SSSR count). The van der Waals surface area contributed by atoms with Gasteiger partial charge in [0, 0.05) is 5.02 Å². The van der Waals surface area contributed by atoms with Gasteiger partial charge in [0.05, 0.1) is 6.07 Å². The summed E-state index contributed by atoms with van der Waals surface area (Å²) in [7, 11) is 0. The van der Waals surface area contributed by atoms with Crippen molar-refractivity contribution in [1.82, 2.24) is 5.32 Å². The molecule has 0 unspecified atom stereocenters. The van der Waals surface area contributed by atoms with Crippen LogP contribution in [0.15, 0.2) is 18.2 Å². The molecular weight excluding hydrogens is 332 g/mol. The van der Waals surface area contributed by atoms with E-state index in [4.69, 9.17) is 16.3 Å². The molecule has 1 saturated carbocycles. The molecule has 1 aromatic carbocycles. The monoisotopic (exact) mass is 350 g/mol. The average molecular weight is 351 g/mol. The van der Waals surface area contributed by atoms with Crippen LogP contribution >= 0.6 is 11.6 Å². The van der Waals surface area contributed by atoms with Crippen molar-refractivity contribution < 1.29 is 19.4 Å². The van der Waals surface area contributed by atoms with Crippen molar-refractivity contribution >= 4 is 23.5 Å². The number of nitrogens with one attached hydrogen (secondary N) is 1. The molecule has 1 amide bonds. The highest BCUT2D eigenvalue weighted by atomic mass is 35.5. The normalized spacial score (nSPS) is 17.4. The topological polar surface area (TPSA) is 99.4 Å². The Labute approximate surface area is 145 Å². The van der Waals surface area contributed by atoms with Gasteiger partial charge in [-0.3, -0.25) is 4.79 Å². The lowest BCUT2D eigenvalue weighted by Crippen LogP contribution is -2.52. The summed E-state index contributed by atoms with van der Waals surface area (Å²) in [5.74, 6) is -1.68. The van der Waals surface area contributed by atoms with Crippen molar-refractivity contribution in [2.75, 3.05) is 0 Å². The number of halogens is 1. The predicted octanol–water partition coefficient (Wildman–Crippen LogP) is 2.93. The standard InChI is InChI=1S/C17H19ClN2O4/c1-11(15(22)20-17(10-19)7-3-2-4-8-17)24-16(23)13-6-5-12(18)9-14(13)21/h5-6,9,11,21H,2-4,7-8H2,1H3,(H,20,22)/t11-/m0/s1. The van der Waals surface area contributed by atoms with Crippen molar-refractivity contribution in [3.8, 4) is 11.8 Å². The van der Waals surface area contributed by atoms with Crippen LogP contribution in [0.3, 0.4) is 0 Å². The molecule has 1 aromatic rings. The highest BCUT2D eigenvalue weighted by molar-refractivity contribution is 6.30. The number of carbonyl (C=O) groups excluding carboxylic acids is 2. The molecule has 0 heterocycles. The van der Waals surface area contributed by atoms with Gasteiger partial charge in [-0.15, -0.1) is 0 Å². The molecule has 1 atom stereocenters. The zero-order chi connectivity index (χ0) is 17.7. The van der Waals surface area contributed by atoms with Gasteiger partial charge >= 0.3 is 5.97 Å². The van der Waals surface area contributed by atoms with E-state index in [9.17, 15) is 20.0 Å². The zero-order valence-electron chi connectivity index (χ0n) is 13.3. The summed E-state index contributed by atoms with van der Waals surface area (Å²) in [5, 5.41) is 22.1. The van der Waals surface area contributed by atoms with Crippen LogP contribution in [0.2, 0.25) is 5.02 Å². The van der Waals surface area contributed by atoms with Gasteiger partial charge in [-0.2, -0.15) is 5.26 Å². The molecule has 1 aliphatic carbocycles. The van der Waals surface area contributed by atoms with Crippen LogP contribution in [0.25, 0.3) is 0 Å². The molecular formula is C17H19ClN2O4. The van der Waals surface area contributed by atoms with E-state index in [0.717, 1.165) is 19.3 Å². The van der Waals surface area contributed by atoms with E-state index >= 15 is 0 Å². The van der Waals surface area contributed by atoms with Crippen LogP contribution in [0.4, 0.5) is 0 Å². The number of amides is 1. The van der Waals surface area contributed by atoms with Crippen molar-refractivity contribution in [3.63, 3.8) is 0 Å². The van der Waals surface area contributed by atoms with Crippen molar-refractivity contribution in [2.45, 2.75) is 50.7 Å². The fourth-order valence-electron chi connectivity index (χ4n) is 2.71. The van der Waals surface area contributed by atoms with Gasteiger partial charge in [-0.25, -0.2) is 4.79 Å². The van der Waals surface area contributed by atoms with Crippen LogP contribution in [-0.2, 0) is 9.53 Å². The lowest BCUT2D eigenvalue weighted by Gasteiger charge is -2.32. The molecule has 2 N–H and O–H groups in total. The molecule has 6 nitrogen and oxygen atoms in total. The van der Waals surface area contributed by atoms with Crippen molar-refractivity contribution in [2.24, 2.45) is 0 Å². The summed E-state index contributed by atoms with van der Waals surface area (Å²) in [6.07, 6.45) is 2.89. The third-order valence-corrected chi connectivity index (χ3v) is 4.35. The van der Waals surface area contributed by atoms with Gasteiger partial charge < -0.3 is 15.2 Å². The molecule has 0 aliphatic heterocycles. The molecule has 0 radical (unpaired) electrons. The van der Waals surface area contributed by atoms with Gasteiger partial charge in [-0.1, -0.05) is 30.9 Å². The number of carbonyl (C=O) groups is 2. The molecule has 0 saturated heterocycles. The summed E-state index contributed by atoms with van der Waals surface area (Å²) in [6.45, 7) is 1.42. The van der Waals surface area contributed by atoms with E-state index < -0.39 is 23.5 Å². The molecule has 24 heavy (non-hydrogen) atoms. The summed E-state index contributed by atoms with van der Waals surface area (Å²) in [5.41, 5.74) is -0.968. The minimum absolute atomic E-state index is 0.0771. The molecule has 7 heteroatoms. The number of rotatable bonds is 4. The van der Waals surface area contributed by atoms with E-state index in [-0.39, 0.29) is 16.3 Å².